The maximum Gasteiger partial charge on any atom is 0.160 e. The predicted molar refractivity (Wildman–Crippen MR) is 196 cm³/mol. The summed E-state index contributed by atoms with van der Waals surface area (Å²) in [5.74, 6) is 0.716. The zero-order chi connectivity index (χ0) is 31.2. The minimum Gasteiger partial charge on any atom is -0.309 e. The van der Waals surface area contributed by atoms with E-state index < -0.39 is 0 Å². The Morgan fingerprint density at radius 2 is 0.936 bits per heavy atom. The maximum absolute atomic E-state index is 5.05. The Morgan fingerprint density at radius 1 is 0.362 bits per heavy atom. The van der Waals surface area contributed by atoms with E-state index in [0.717, 1.165) is 33.8 Å². The van der Waals surface area contributed by atoms with Gasteiger partial charge in [-0.15, -0.1) is 0 Å². The summed E-state index contributed by atoms with van der Waals surface area (Å²) < 4.78 is 2.40. The molecule has 0 spiro atoms. The summed E-state index contributed by atoms with van der Waals surface area (Å²) in [6, 6.07) is 62.0. The summed E-state index contributed by atoms with van der Waals surface area (Å²) in [6.07, 6.45) is 0. The van der Waals surface area contributed by atoms with Gasteiger partial charge in [0.1, 0.15) is 0 Å². The molecule has 0 saturated carbocycles. The van der Waals surface area contributed by atoms with Gasteiger partial charge in [-0.25, -0.2) is 9.97 Å². The van der Waals surface area contributed by atoms with Crippen LogP contribution in [0.3, 0.4) is 0 Å². The number of hydrogen-bond donors (Lipinski definition) is 0. The quantitative estimate of drug-likeness (QED) is 0.197. The molecule has 0 radical (unpaired) electrons. The smallest absolute Gasteiger partial charge is 0.160 e. The van der Waals surface area contributed by atoms with E-state index in [0.29, 0.717) is 5.82 Å². The second-order valence-electron chi connectivity index (χ2n) is 11.9. The summed E-state index contributed by atoms with van der Waals surface area (Å²) in [7, 11) is 0. The second-order valence-corrected chi connectivity index (χ2v) is 11.9. The molecule has 0 unspecified atom stereocenters. The molecule has 0 amide bonds. The third-order valence-corrected chi connectivity index (χ3v) is 9.01. The Balaban J connectivity index is 1.22. The zero-order valence-corrected chi connectivity index (χ0v) is 25.6. The van der Waals surface area contributed by atoms with E-state index >= 15 is 0 Å². The van der Waals surface area contributed by atoms with Gasteiger partial charge < -0.3 is 4.57 Å². The van der Waals surface area contributed by atoms with Crippen LogP contribution in [0.2, 0.25) is 0 Å². The van der Waals surface area contributed by atoms with Crippen molar-refractivity contribution in [3.63, 3.8) is 0 Å². The Kier molecular flexibility index (Phi) is 6.46. The van der Waals surface area contributed by atoms with Crippen LogP contribution in [0.25, 0.3) is 83.3 Å². The Bertz CT molecular complexity index is 2480. The van der Waals surface area contributed by atoms with Crippen LogP contribution in [0.15, 0.2) is 176 Å². The van der Waals surface area contributed by atoms with Crippen molar-refractivity contribution in [1.82, 2.24) is 14.5 Å². The number of hydrogen-bond acceptors (Lipinski definition) is 2. The van der Waals surface area contributed by atoms with Gasteiger partial charge in [-0.3, -0.25) is 0 Å². The molecule has 220 valence electrons. The molecule has 0 aliphatic rings. The summed E-state index contributed by atoms with van der Waals surface area (Å²) >= 11 is 0. The zero-order valence-electron chi connectivity index (χ0n) is 25.6. The SMILES string of the molecule is c1ccc(-c2ccc3c4c5ccccc5ccc4n(-c4ccc(-c5cc(-c6ccccc6)nc(-c6ccccc6)n5)cc4)c3c2)cc1. The molecule has 9 rings (SSSR count). The van der Waals surface area contributed by atoms with Crippen molar-refractivity contribution in [2.45, 2.75) is 0 Å². The molecular formula is C44H29N3. The van der Waals surface area contributed by atoms with Gasteiger partial charge in [0.05, 0.1) is 22.4 Å². The lowest BCUT2D eigenvalue weighted by molar-refractivity contribution is 1.17. The molecule has 2 heterocycles. The van der Waals surface area contributed by atoms with Crippen LogP contribution in [0.5, 0.6) is 0 Å². The number of nitrogens with zero attached hydrogens (tertiary/aromatic N) is 3. The molecular weight excluding hydrogens is 571 g/mol. The van der Waals surface area contributed by atoms with Gasteiger partial charge in [-0.2, -0.15) is 0 Å². The number of benzene rings is 7. The highest BCUT2D eigenvalue weighted by Crippen LogP contribution is 2.39. The molecule has 9 aromatic rings. The molecule has 0 N–H and O–H groups in total. The first kappa shape index (κ1) is 27.0. The molecule has 0 aliphatic carbocycles. The van der Waals surface area contributed by atoms with Crippen molar-refractivity contribution in [3.05, 3.63) is 176 Å². The molecule has 3 heteroatoms. The van der Waals surface area contributed by atoms with Gasteiger partial charge in [0.2, 0.25) is 0 Å². The normalized spacial score (nSPS) is 11.4. The molecule has 3 nitrogen and oxygen atoms in total. The molecule has 0 bridgehead atoms. The number of rotatable bonds is 5. The fraction of sp³-hybridized carbons (Fsp3) is 0. The monoisotopic (exact) mass is 599 g/mol. The van der Waals surface area contributed by atoms with Gasteiger partial charge in [0, 0.05) is 33.2 Å². The summed E-state index contributed by atoms with van der Waals surface area (Å²) in [4.78, 5) is 10.0. The van der Waals surface area contributed by atoms with Crippen LogP contribution in [0.4, 0.5) is 0 Å². The lowest BCUT2D eigenvalue weighted by Crippen LogP contribution is -1.97. The van der Waals surface area contributed by atoms with Crippen LogP contribution >= 0.6 is 0 Å². The summed E-state index contributed by atoms with van der Waals surface area (Å²) in [5, 5.41) is 5.03. The maximum atomic E-state index is 5.05. The van der Waals surface area contributed by atoms with Crippen molar-refractivity contribution < 1.29 is 0 Å². The summed E-state index contributed by atoms with van der Waals surface area (Å²) in [6.45, 7) is 0. The first-order valence-corrected chi connectivity index (χ1v) is 15.9. The van der Waals surface area contributed by atoms with Crippen LogP contribution in [0.1, 0.15) is 0 Å². The van der Waals surface area contributed by atoms with E-state index in [1.54, 1.807) is 0 Å². The molecule has 0 fully saturated rings. The lowest BCUT2D eigenvalue weighted by Gasteiger charge is -2.12. The van der Waals surface area contributed by atoms with E-state index in [1.165, 1.54) is 43.7 Å². The van der Waals surface area contributed by atoms with Gasteiger partial charge in [0.15, 0.2) is 5.82 Å². The van der Waals surface area contributed by atoms with Gasteiger partial charge in [0.25, 0.3) is 0 Å². The third-order valence-electron chi connectivity index (χ3n) is 9.01. The fourth-order valence-electron chi connectivity index (χ4n) is 6.73. The van der Waals surface area contributed by atoms with E-state index in [9.17, 15) is 0 Å². The van der Waals surface area contributed by atoms with Crippen molar-refractivity contribution in [2.24, 2.45) is 0 Å². The highest BCUT2D eigenvalue weighted by atomic mass is 15.0. The third kappa shape index (κ3) is 4.77. The van der Waals surface area contributed by atoms with E-state index in [-0.39, 0.29) is 0 Å². The lowest BCUT2D eigenvalue weighted by atomic mass is 10.0. The second kappa shape index (κ2) is 11.2. The van der Waals surface area contributed by atoms with Crippen LogP contribution in [0, 0.1) is 0 Å². The molecule has 47 heavy (non-hydrogen) atoms. The molecule has 0 aliphatic heterocycles. The molecule has 0 atom stereocenters. The Morgan fingerprint density at radius 3 is 1.64 bits per heavy atom. The fourth-order valence-corrected chi connectivity index (χ4v) is 6.73. The topological polar surface area (TPSA) is 30.7 Å². The standard InChI is InChI=1S/C44H29N3/c1-4-12-30(13-5-1)35-22-26-38-42(28-35)47(41-27-23-31-14-10-11-19-37(31)43(38)41)36-24-20-33(21-25-36)40-29-39(32-15-6-2-7-16-32)45-44(46-40)34-17-8-3-9-18-34/h1-29H. The Labute approximate surface area is 273 Å². The highest BCUT2D eigenvalue weighted by molar-refractivity contribution is 6.21. The first-order chi connectivity index (χ1) is 23.3. The number of aromatic nitrogens is 3. The van der Waals surface area contributed by atoms with Crippen LogP contribution in [-0.2, 0) is 0 Å². The van der Waals surface area contributed by atoms with E-state index in [1.807, 2.05) is 36.4 Å². The van der Waals surface area contributed by atoms with Crippen molar-refractivity contribution in [3.8, 4) is 50.7 Å². The van der Waals surface area contributed by atoms with Gasteiger partial charge in [-0.1, -0.05) is 146 Å². The van der Waals surface area contributed by atoms with Crippen molar-refractivity contribution in [2.75, 3.05) is 0 Å². The summed E-state index contributed by atoms with van der Waals surface area (Å²) in [5.41, 5.74) is 10.8. The average Bonchev–Trinajstić information content (AvgIpc) is 3.50. The highest BCUT2D eigenvalue weighted by Gasteiger charge is 2.17. The Hall–Kier alpha value is -6.32. The van der Waals surface area contributed by atoms with Crippen LogP contribution < -0.4 is 0 Å². The molecule has 2 aromatic heterocycles. The van der Waals surface area contributed by atoms with Crippen molar-refractivity contribution in [1.29, 1.82) is 0 Å². The minimum atomic E-state index is 0.716. The van der Waals surface area contributed by atoms with Crippen molar-refractivity contribution >= 4 is 32.6 Å². The average molecular weight is 600 g/mol. The minimum absolute atomic E-state index is 0.716. The molecule has 0 saturated heterocycles. The first-order valence-electron chi connectivity index (χ1n) is 15.9. The number of fused-ring (bicyclic) bond motifs is 5. The van der Waals surface area contributed by atoms with E-state index in [2.05, 4.69) is 144 Å². The van der Waals surface area contributed by atoms with Crippen LogP contribution in [-0.4, -0.2) is 14.5 Å². The largest absolute Gasteiger partial charge is 0.309 e. The molecule has 7 aromatic carbocycles. The predicted octanol–water partition coefficient (Wildman–Crippen LogP) is 11.4. The van der Waals surface area contributed by atoms with Gasteiger partial charge >= 0.3 is 0 Å². The van der Waals surface area contributed by atoms with E-state index in [4.69, 9.17) is 9.97 Å². The van der Waals surface area contributed by atoms with Gasteiger partial charge in [-0.05, 0) is 52.2 Å².